The van der Waals surface area contributed by atoms with Crippen LogP contribution in [-0.2, 0) is 52.8 Å². The molecule has 15 nitrogen and oxygen atoms in total. The summed E-state index contributed by atoms with van der Waals surface area (Å²) in [7, 11) is 5.68. The first-order valence-electron chi connectivity index (χ1n) is 25.6. The minimum atomic E-state index is -0.711. The van der Waals surface area contributed by atoms with Crippen LogP contribution in [-0.4, -0.2) is 84.4 Å². The second-order valence-electron chi connectivity index (χ2n) is 20.7. The van der Waals surface area contributed by atoms with E-state index in [1.807, 2.05) is 127 Å². The number of nitrogens with one attached hydrogen (secondary N) is 3. The Kier molecular flexibility index (Phi) is 12.9. The van der Waals surface area contributed by atoms with Crippen LogP contribution in [0, 0.1) is 5.41 Å². The van der Waals surface area contributed by atoms with Gasteiger partial charge in [0, 0.05) is 130 Å². The van der Waals surface area contributed by atoms with Crippen molar-refractivity contribution in [1.29, 1.82) is 0 Å². The number of ketones is 4. The first-order valence-corrected chi connectivity index (χ1v) is 31.7. The average molecular weight is 1320 g/mol. The number of dihydropyridines is 1. The zero-order valence-electron chi connectivity index (χ0n) is 44.1. The van der Waals surface area contributed by atoms with Crippen molar-refractivity contribution in [3.63, 3.8) is 0 Å². The van der Waals surface area contributed by atoms with Crippen molar-refractivity contribution in [3.8, 4) is 22.5 Å². The van der Waals surface area contributed by atoms with Crippen LogP contribution in [0.3, 0.4) is 0 Å². The molecule has 3 aromatic heterocycles. The molecule has 9 heterocycles. The van der Waals surface area contributed by atoms with Crippen LogP contribution in [0.1, 0.15) is 39.2 Å². The lowest BCUT2D eigenvalue weighted by molar-refractivity contribution is -0.111. The molecule has 3 N–H and O–H groups in total. The van der Waals surface area contributed by atoms with Crippen LogP contribution in [0.25, 0.3) is 44.3 Å². The Morgan fingerprint density at radius 3 is 1.81 bits per heavy atom. The number of aromatic amines is 2. The fourth-order valence-corrected chi connectivity index (χ4v) is 17.0. The van der Waals surface area contributed by atoms with E-state index < -0.39 is 16.2 Å². The normalized spacial score (nSPS) is 23.1. The lowest BCUT2D eigenvalue weighted by Gasteiger charge is -2.41. The zero-order chi connectivity index (χ0) is 56.8. The molecule has 0 aromatic carbocycles. The number of rotatable bonds is 3. The van der Waals surface area contributed by atoms with E-state index in [4.69, 9.17) is 4.99 Å². The standard InChI is InChI=1S/2C20H16BrN3O2S.C20H14BrN3O2S/c3*1-24-9-10-3-5-22-16-14(10)18(24)19(26)17-15(16)20(4-6-23-17)8-11(21)12(25)7-13(20)27-2/h4,6-9,23H,3,5H2,1-2H3;3,5,7-9,22H,4,6H2,1-2H3;3-9,22H,1-2H3. The summed E-state index contributed by atoms with van der Waals surface area (Å²) in [4.78, 5) is 100. The Bertz CT molecular complexity index is 4590. The molecule has 0 radical (unpaired) electrons. The number of carbonyl (C=O) groups is 4. The van der Waals surface area contributed by atoms with E-state index in [0.29, 0.717) is 59.7 Å². The van der Waals surface area contributed by atoms with Crippen LogP contribution in [0.5, 0.6) is 0 Å². The molecule has 3 unspecified atom stereocenters. The SMILES string of the molecule is CSC1=CC(=O)C(Br)=CC12C=CN=c1c2c2[nH]ccc3cn(C)c(c3-2)c1=O.CSC1=CC(=O)C(Br)=CC12C=CNC1=C2C2=NCCc3cn(C)c(c32)C1=O.CSC1=CC(=O)C(Br)=CC12CCN=c1c2c2[nH]ccc3cn(C)c(c3-2)c1=O. The molecule has 6 aliphatic carbocycles. The summed E-state index contributed by atoms with van der Waals surface area (Å²) in [6, 6.07) is 3.94. The van der Waals surface area contributed by atoms with Crippen molar-refractivity contribution in [2.45, 2.75) is 23.7 Å². The highest BCUT2D eigenvalue weighted by molar-refractivity contribution is 9.12. The van der Waals surface area contributed by atoms with Crippen LogP contribution in [0.2, 0.25) is 0 Å². The number of hydrogen-bond acceptors (Lipinski definition) is 13. The van der Waals surface area contributed by atoms with E-state index in [1.165, 1.54) is 23.5 Å². The van der Waals surface area contributed by atoms with Gasteiger partial charge in [-0.3, -0.25) is 43.7 Å². The summed E-state index contributed by atoms with van der Waals surface area (Å²) >= 11 is 14.8. The fourth-order valence-electron chi connectivity index (χ4n) is 13.1. The monoisotopic (exact) mass is 1320 g/mol. The number of pyridine rings is 2. The van der Waals surface area contributed by atoms with Gasteiger partial charge in [0.1, 0.15) is 27.4 Å². The highest BCUT2D eigenvalue weighted by Crippen LogP contribution is 2.54. The molecular formula is C60H46Br3N9O6S3. The number of carbonyl (C=O) groups excluding carboxylic acids is 4. The van der Waals surface area contributed by atoms with Gasteiger partial charge in [-0.2, -0.15) is 0 Å². The Morgan fingerprint density at radius 2 is 1.19 bits per heavy atom. The number of aryl methyl sites for hydroxylation is 3. The van der Waals surface area contributed by atoms with Gasteiger partial charge < -0.3 is 29.0 Å². The predicted molar refractivity (Wildman–Crippen MR) is 333 cm³/mol. The number of Topliss-reactive ketones (excluding diaryl/α,β-unsaturated/α-hetero) is 1. The van der Waals surface area contributed by atoms with Crippen LogP contribution >= 0.6 is 83.1 Å². The average Bonchev–Trinajstić information content (AvgIpc) is 3.53. The number of aliphatic imine (C=N–C) groups is 1. The van der Waals surface area contributed by atoms with E-state index in [9.17, 15) is 28.8 Å². The number of hydrogen-bond donors (Lipinski definition) is 3. The third kappa shape index (κ3) is 7.63. The summed E-state index contributed by atoms with van der Waals surface area (Å²) < 4.78 is 7.17. The van der Waals surface area contributed by atoms with Gasteiger partial charge >= 0.3 is 0 Å². The number of nitrogens with zero attached hydrogens (tertiary/aromatic N) is 6. The van der Waals surface area contributed by atoms with Crippen LogP contribution in [0.4, 0.5) is 0 Å². The minimum absolute atomic E-state index is 0.0276. The fraction of sp³-hybridized carbons (Fsp3) is 0.217. The van der Waals surface area contributed by atoms with Gasteiger partial charge in [0.25, 0.3) is 0 Å². The van der Waals surface area contributed by atoms with Crippen molar-refractivity contribution < 1.29 is 19.2 Å². The molecule has 0 amide bonds. The summed E-state index contributed by atoms with van der Waals surface area (Å²) in [5.41, 5.74) is 9.60. The van der Waals surface area contributed by atoms with E-state index in [-0.39, 0.29) is 34.0 Å². The molecule has 406 valence electrons. The van der Waals surface area contributed by atoms with Crippen molar-refractivity contribution in [3.05, 3.63) is 203 Å². The number of thioether (sulfide) groups is 3. The molecule has 21 heteroatoms. The summed E-state index contributed by atoms with van der Waals surface area (Å²) in [5, 5.41) is 6.11. The van der Waals surface area contributed by atoms with Crippen molar-refractivity contribution in [2.75, 3.05) is 31.9 Å². The molecule has 0 saturated heterocycles. The van der Waals surface area contributed by atoms with Gasteiger partial charge in [-0.1, -0.05) is 6.08 Å². The minimum Gasteiger partial charge on any atom is -0.361 e. The second-order valence-corrected chi connectivity index (χ2v) is 25.8. The topological polar surface area (TPSA) is 198 Å². The third-order valence-electron chi connectivity index (χ3n) is 16.5. The van der Waals surface area contributed by atoms with E-state index in [1.54, 1.807) is 42.4 Å². The number of halogens is 3. The largest absolute Gasteiger partial charge is 0.361 e. The Labute approximate surface area is 500 Å². The maximum Gasteiger partial charge on any atom is 0.228 e. The molecule has 3 spiro atoms. The molecule has 15 rings (SSSR count). The molecular weight excluding hydrogens is 1280 g/mol. The lowest BCUT2D eigenvalue weighted by Crippen LogP contribution is -2.45. The van der Waals surface area contributed by atoms with Crippen molar-refractivity contribution in [2.24, 2.45) is 41.5 Å². The van der Waals surface area contributed by atoms with Gasteiger partial charge in [0.05, 0.1) is 52.5 Å². The number of allylic oxidation sites excluding steroid dienone is 16. The Hall–Kier alpha value is -6.62. The van der Waals surface area contributed by atoms with Gasteiger partial charge in [0.2, 0.25) is 16.6 Å². The highest BCUT2D eigenvalue weighted by atomic mass is 79.9. The van der Waals surface area contributed by atoms with Crippen molar-refractivity contribution >= 4 is 134 Å². The maximum atomic E-state index is 13.4. The molecule has 6 aliphatic heterocycles. The van der Waals surface area contributed by atoms with Gasteiger partial charge in [0.15, 0.2) is 17.3 Å². The number of H-pyrrole nitrogens is 2. The van der Waals surface area contributed by atoms with Gasteiger partial charge in [-0.05, 0) is 146 Å². The van der Waals surface area contributed by atoms with Crippen molar-refractivity contribution in [1.82, 2.24) is 29.0 Å². The number of fused-ring (bicyclic) bond motifs is 8. The molecule has 81 heavy (non-hydrogen) atoms. The van der Waals surface area contributed by atoms with Gasteiger partial charge in [-0.25, -0.2) is 0 Å². The summed E-state index contributed by atoms with van der Waals surface area (Å²) in [6.45, 7) is 1.24. The molecule has 3 atom stereocenters. The zero-order valence-corrected chi connectivity index (χ0v) is 51.3. The first-order chi connectivity index (χ1) is 38.9. The second kappa shape index (κ2) is 19.5. The number of aromatic nitrogens is 5. The predicted octanol–water partition coefficient (Wildman–Crippen LogP) is 9.28. The van der Waals surface area contributed by atoms with Crippen LogP contribution in [0.15, 0.2) is 168 Å². The molecule has 0 saturated carbocycles. The smallest absolute Gasteiger partial charge is 0.228 e. The van der Waals surface area contributed by atoms with E-state index in [2.05, 4.69) is 73.1 Å². The Morgan fingerprint density at radius 1 is 0.617 bits per heavy atom. The van der Waals surface area contributed by atoms with Crippen LogP contribution < -0.4 is 26.9 Å². The quantitative estimate of drug-likeness (QED) is 0.153. The summed E-state index contributed by atoms with van der Waals surface area (Å²) in [5.74, 6) is -0.208. The molecule has 3 aromatic rings. The van der Waals surface area contributed by atoms with E-state index in [0.717, 1.165) is 94.4 Å². The molecule has 0 bridgehead atoms. The number of benzene rings is 2. The third-order valence-corrected chi connectivity index (χ3v) is 21.0. The lowest BCUT2D eigenvalue weighted by atomic mass is 9.68. The molecule has 0 fully saturated rings. The van der Waals surface area contributed by atoms with Gasteiger partial charge in [-0.15, -0.1) is 35.3 Å². The van der Waals surface area contributed by atoms with E-state index >= 15 is 0 Å². The first kappa shape index (κ1) is 53.7. The molecule has 12 aliphatic rings. The Balaban J connectivity index is 0.000000114. The highest BCUT2D eigenvalue weighted by Gasteiger charge is 2.50. The maximum absolute atomic E-state index is 13.4. The summed E-state index contributed by atoms with van der Waals surface area (Å²) in [6.07, 6.45) is 35.4.